The first-order valence-electron chi connectivity index (χ1n) is 6.31. The quantitative estimate of drug-likeness (QED) is 0.652. The maximum Gasteiger partial charge on any atom is 0.270 e. The molecule has 2 rings (SSSR count). The standard InChI is InChI=1S/C15H14BrNO4/c1-10(18)11-3-6-14(7-4-11)21-9-12-2-5-13(17(19)20)8-15(12)16/h2-8,10,18H,9H2,1H3. The van der Waals surface area contributed by atoms with Gasteiger partial charge in [0.05, 0.1) is 11.0 Å². The Hall–Kier alpha value is -1.92. The summed E-state index contributed by atoms with van der Waals surface area (Å²) in [6, 6.07) is 11.7. The number of nitrogens with zero attached hydrogens (tertiary/aromatic N) is 1. The fraction of sp³-hybridized carbons (Fsp3) is 0.200. The minimum absolute atomic E-state index is 0.0342. The van der Waals surface area contributed by atoms with E-state index in [1.165, 1.54) is 12.1 Å². The largest absolute Gasteiger partial charge is 0.489 e. The maximum absolute atomic E-state index is 10.7. The zero-order chi connectivity index (χ0) is 15.4. The lowest BCUT2D eigenvalue weighted by Gasteiger charge is -2.09. The van der Waals surface area contributed by atoms with Gasteiger partial charge < -0.3 is 9.84 Å². The molecular formula is C15H14BrNO4. The molecule has 2 aromatic carbocycles. The Morgan fingerprint density at radius 3 is 2.48 bits per heavy atom. The van der Waals surface area contributed by atoms with Crippen LogP contribution in [0.15, 0.2) is 46.9 Å². The van der Waals surface area contributed by atoms with Crippen LogP contribution in [0.25, 0.3) is 0 Å². The average Bonchev–Trinajstić information content (AvgIpc) is 2.46. The zero-order valence-electron chi connectivity index (χ0n) is 11.3. The lowest BCUT2D eigenvalue weighted by atomic mass is 10.1. The van der Waals surface area contributed by atoms with Gasteiger partial charge in [0.25, 0.3) is 5.69 Å². The van der Waals surface area contributed by atoms with Gasteiger partial charge in [0.1, 0.15) is 12.4 Å². The highest BCUT2D eigenvalue weighted by atomic mass is 79.9. The summed E-state index contributed by atoms with van der Waals surface area (Å²) in [7, 11) is 0. The van der Waals surface area contributed by atoms with Gasteiger partial charge in [0.2, 0.25) is 0 Å². The number of nitro benzene ring substituents is 1. The number of halogens is 1. The van der Waals surface area contributed by atoms with Gasteiger partial charge in [-0.1, -0.05) is 28.1 Å². The zero-order valence-corrected chi connectivity index (χ0v) is 12.9. The van der Waals surface area contributed by atoms with Crippen molar-refractivity contribution in [1.82, 2.24) is 0 Å². The predicted molar refractivity (Wildman–Crippen MR) is 82.2 cm³/mol. The summed E-state index contributed by atoms with van der Waals surface area (Å²) >= 11 is 3.30. The molecule has 1 unspecified atom stereocenters. The van der Waals surface area contributed by atoms with Crippen molar-refractivity contribution in [3.63, 3.8) is 0 Å². The minimum atomic E-state index is -0.511. The Morgan fingerprint density at radius 1 is 1.29 bits per heavy atom. The maximum atomic E-state index is 10.7. The van der Waals surface area contributed by atoms with Crippen LogP contribution in [0.3, 0.4) is 0 Å². The van der Waals surface area contributed by atoms with Crippen molar-refractivity contribution in [2.75, 3.05) is 0 Å². The van der Waals surface area contributed by atoms with Crippen LogP contribution in [-0.4, -0.2) is 10.0 Å². The summed E-state index contributed by atoms with van der Waals surface area (Å²) in [5.41, 5.74) is 1.67. The second kappa shape index (κ2) is 6.69. The van der Waals surface area contributed by atoms with Crippen LogP contribution in [0.4, 0.5) is 5.69 Å². The fourth-order valence-corrected chi connectivity index (χ4v) is 2.25. The molecule has 110 valence electrons. The highest BCUT2D eigenvalue weighted by Gasteiger charge is 2.09. The third-order valence-electron chi connectivity index (χ3n) is 3.00. The minimum Gasteiger partial charge on any atom is -0.489 e. The van der Waals surface area contributed by atoms with Crippen LogP contribution in [0.5, 0.6) is 5.75 Å². The first kappa shape index (κ1) is 15.5. The van der Waals surface area contributed by atoms with E-state index in [0.717, 1.165) is 11.1 Å². The van der Waals surface area contributed by atoms with E-state index in [0.29, 0.717) is 16.8 Å². The Morgan fingerprint density at radius 2 is 1.95 bits per heavy atom. The van der Waals surface area contributed by atoms with Gasteiger partial charge in [-0.25, -0.2) is 0 Å². The third-order valence-corrected chi connectivity index (χ3v) is 3.74. The number of aliphatic hydroxyl groups is 1. The topological polar surface area (TPSA) is 72.6 Å². The molecule has 1 N–H and O–H groups in total. The van der Waals surface area contributed by atoms with E-state index in [-0.39, 0.29) is 5.69 Å². The van der Waals surface area contributed by atoms with E-state index in [2.05, 4.69) is 15.9 Å². The first-order chi connectivity index (χ1) is 9.97. The molecule has 0 aliphatic rings. The van der Waals surface area contributed by atoms with E-state index >= 15 is 0 Å². The van der Waals surface area contributed by atoms with E-state index in [1.807, 2.05) is 0 Å². The van der Waals surface area contributed by atoms with Crippen molar-refractivity contribution < 1.29 is 14.8 Å². The summed E-state index contributed by atoms with van der Waals surface area (Å²) in [6.07, 6.45) is -0.511. The van der Waals surface area contributed by atoms with Crippen molar-refractivity contribution in [2.24, 2.45) is 0 Å². The molecule has 0 saturated heterocycles. The molecule has 0 amide bonds. The summed E-state index contributed by atoms with van der Waals surface area (Å²) < 4.78 is 6.26. The molecular weight excluding hydrogens is 338 g/mol. The Balaban J connectivity index is 2.04. The Bertz CT molecular complexity index is 641. The summed E-state index contributed by atoms with van der Waals surface area (Å²) in [5.74, 6) is 0.671. The molecule has 0 aromatic heterocycles. The van der Waals surface area contributed by atoms with Gasteiger partial charge in [-0.3, -0.25) is 10.1 Å². The Labute approximate surface area is 130 Å². The number of ether oxygens (including phenoxy) is 1. The van der Waals surface area contributed by atoms with Gasteiger partial charge >= 0.3 is 0 Å². The van der Waals surface area contributed by atoms with Gasteiger partial charge in [-0.2, -0.15) is 0 Å². The Kier molecular flexibility index (Phi) is 4.93. The number of aliphatic hydroxyl groups excluding tert-OH is 1. The van der Waals surface area contributed by atoms with Gasteiger partial charge in [0.15, 0.2) is 0 Å². The number of rotatable bonds is 5. The molecule has 0 aliphatic heterocycles. The van der Waals surface area contributed by atoms with Crippen LogP contribution >= 0.6 is 15.9 Å². The number of non-ortho nitro benzene ring substituents is 1. The van der Waals surface area contributed by atoms with Crippen molar-refractivity contribution in [2.45, 2.75) is 19.6 Å². The van der Waals surface area contributed by atoms with Gasteiger partial charge in [-0.15, -0.1) is 0 Å². The molecule has 21 heavy (non-hydrogen) atoms. The lowest BCUT2D eigenvalue weighted by Crippen LogP contribution is -1.98. The molecule has 0 bridgehead atoms. The van der Waals surface area contributed by atoms with Crippen LogP contribution < -0.4 is 4.74 Å². The normalized spacial score (nSPS) is 12.0. The van der Waals surface area contributed by atoms with Gasteiger partial charge in [-0.05, 0) is 30.7 Å². The summed E-state index contributed by atoms with van der Waals surface area (Å²) in [4.78, 5) is 10.2. The highest BCUT2D eigenvalue weighted by molar-refractivity contribution is 9.10. The lowest BCUT2D eigenvalue weighted by molar-refractivity contribution is -0.384. The number of nitro groups is 1. The van der Waals surface area contributed by atoms with Crippen LogP contribution in [0, 0.1) is 10.1 Å². The van der Waals surface area contributed by atoms with Crippen LogP contribution in [0.1, 0.15) is 24.2 Å². The molecule has 0 heterocycles. The average molecular weight is 352 g/mol. The van der Waals surface area contributed by atoms with E-state index in [1.54, 1.807) is 37.3 Å². The monoisotopic (exact) mass is 351 g/mol. The molecule has 0 aliphatic carbocycles. The second-order valence-electron chi connectivity index (χ2n) is 4.57. The molecule has 0 saturated carbocycles. The third kappa shape index (κ3) is 4.03. The van der Waals surface area contributed by atoms with Crippen LogP contribution in [-0.2, 0) is 6.61 Å². The molecule has 1 atom stereocenters. The highest BCUT2D eigenvalue weighted by Crippen LogP contribution is 2.25. The SMILES string of the molecule is CC(O)c1ccc(OCc2ccc([N+](=O)[O-])cc2Br)cc1. The molecule has 2 aromatic rings. The van der Waals surface area contributed by atoms with Gasteiger partial charge in [0, 0.05) is 22.2 Å². The molecule has 0 spiro atoms. The van der Waals surface area contributed by atoms with Crippen LogP contribution in [0.2, 0.25) is 0 Å². The molecule has 6 heteroatoms. The van der Waals surface area contributed by atoms with E-state index < -0.39 is 11.0 Å². The first-order valence-corrected chi connectivity index (χ1v) is 7.10. The van der Waals surface area contributed by atoms with Crippen molar-refractivity contribution >= 4 is 21.6 Å². The van der Waals surface area contributed by atoms with E-state index in [9.17, 15) is 15.2 Å². The summed E-state index contributed by atoms with van der Waals surface area (Å²) in [5, 5.41) is 20.1. The van der Waals surface area contributed by atoms with Crippen molar-refractivity contribution in [3.05, 3.63) is 68.2 Å². The second-order valence-corrected chi connectivity index (χ2v) is 5.42. The number of hydrogen-bond acceptors (Lipinski definition) is 4. The number of hydrogen-bond donors (Lipinski definition) is 1. The van der Waals surface area contributed by atoms with Crippen molar-refractivity contribution in [1.29, 1.82) is 0 Å². The van der Waals surface area contributed by atoms with E-state index in [4.69, 9.17) is 4.74 Å². The molecule has 5 nitrogen and oxygen atoms in total. The summed E-state index contributed by atoms with van der Waals surface area (Å²) in [6.45, 7) is 2.00. The fourth-order valence-electron chi connectivity index (χ4n) is 1.77. The van der Waals surface area contributed by atoms with Crippen molar-refractivity contribution in [3.8, 4) is 5.75 Å². The number of benzene rings is 2. The smallest absolute Gasteiger partial charge is 0.270 e. The molecule has 0 radical (unpaired) electrons. The predicted octanol–water partition coefficient (Wildman–Crippen LogP) is 3.99. The molecule has 0 fully saturated rings.